The van der Waals surface area contributed by atoms with Gasteiger partial charge < -0.3 is 11.5 Å². The fraction of sp³-hybridized carbons (Fsp3) is 0.412. The van der Waals surface area contributed by atoms with Crippen molar-refractivity contribution in [2.75, 3.05) is 0 Å². The van der Waals surface area contributed by atoms with Gasteiger partial charge in [-0.25, -0.2) is 10.4 Å². The summed E-state index contributed by atoms with van der Waals surface area (Å²) in [6, 6.07) is 4.97. The molecule has 0 saturated carbocycles. The molecule has 0 bridgehead atoms. The monoisotopic (exact) mass is 442 g/mol. The second-order valence-electron chi connectivity index (χ2n) is 8.32. The molecule has 4 aliphatic heterocycles. The molecule has 0 radical (unpaired) electrons. The van der Waals surface area contributed by atoms with Crippen molar-refractivity contribution in [2.45, 2.75) is 37.1 Å². The smallest absolute Gasteiger partial charge is 0.257 e. The molecular weight excluding hydrogens is 420 g/mol. The molecule has 168 valence electrons. The molecule has 6 rings (SSSR count). The van der Waals surface area contributed by atoms with Crippen molar-refractivity contribution in [2.24, 2.45) is 22.0 Å². The number of guanidine groups is 1. The third-order valence-electron chi connectivity index (χ3n) is 6.62. The van der Waals surface area contributed by atoms with Gasteiger partial charge in [0.15, 0.2) is 12.1 Å². The van der Waals surface area contributed by atoms with E-state index < -0.39 is 47.9 Å². The van der Waals surface area contributed by atoms with Gasteiger partial charge in [-0.2, -0.15) is 5.53 Å². The van der Waals surface area contributed by atoms with Crippen molar-refractivity contribution in [3.63, 3.8) is 0 Å². The number of fused-ring (bicyclic) bond motifs is 3. The molecule has 0 aromatic heterocycles. The Morgan fingerprint density at radius 3 is 2.62 bits per heavy atom. The number of nitrogens with two attached hydrogens (primary N) is 2. The maximum atomic E-state index is 13.9. The summed E-state index contributed by atoms with van der Waals surface area (Å²) in [7, 11) is 0. The lowest BCUT2D eigenvalue weighted by Crippen LogP contribution is -2.80. The zero-order valence-corrected chi connectivity index (χ0v) is 16.6. The molecule has 4 heterocycles. The fourth-order valence-electron chi connectivity index (χ4n) is 5.12. The van der Waals surface area contributed by atoms with E-state index in [1.54, 1.807) is 12.1 Å². The number of hydrogen-bond acceptors (Lipinski definition) is 13. The van der Waals surface area contributed by atoms with Gasteiger partial charge in [0.05, 0.1) is 5.41 Å². The Morgan fingerprint density at radius 2 is 1.81 bits per heavy atom. The minimum atomic E-state index is -1.47. The summed E-state index contributed by atoms with van der Waals surface area (Å²) < 4.78 is 0. The Balaban J connectivity index is 1.44. The molecule has 2 amide bonds. The van der Waals surface area contributed by atoms with Gasteiger partial charge in [0.2, 0.25) is 5.96 Å². The average Bonchev–Trinajstić information content (AvgIpc) is 3.42. The lowest BCUT2D eigenvalue weighted by Gasteiger charge is -2.48. The number of hydrazone groups is 1. The van der Waals surface area contributed by atoms with E-state index in [0.717, 1.165) is 5.56 Å². The van der Waals surface area contributed by atoms with Gasteiger partial charge in [0, 0.05) is 5.56 Å². The van der Waals surface area contributed by atoms with E-state index in [-0.39, 0.29) is 18.2 Å². The first-order valence-electron chi connectivity index (χ1n) is 10.1. The van der Waals surface area contributed by atoms with Crippen LogP contribution in [0.2, 0.25) is 0 Å². The van der Waals surface area contributed by atoms with Crippen LogP contribution in [0.5, 0.6) is 0 Å². The van der Waals surface area contributed by atoms with Crippen LogP contribution >= 0.6 is 0 Å². The quantitative estimate of drug-likeness (QED) is 0.211. The molecule has 15 heteroatoms. The minimum Gasteiger partial charge on any atom is -0.367 e. The zero-order chi connectivity index (χ0) is 22.2. The second-order valence-corrected chi connectivity index (χ2v) is 8.32. The highest BCUT2D eigenvalue weighted by molar-refractivity contribution is 6.11. The van der Waals surface area contributed by atoms with Crippen molar-refractivity contribution in [1.29, 1.82) is 0 Å². The predicted molar refractivity (Wildman–Crippen MR) is 107 cm³/mol. The zero-order valence-electron chi connectivity index (χ0n) is 16.6. The van der Waals surface area contributed by atoms with Gasteiger partial charge >= 0.3 is 0 Å². The van der Waals surface area contributed by atoms with Crippen LogP contribution in [0, 0.1) is 5.41 Å². The molecule has 15 nitrogen and oxygen atoms in total. The number of nitrogens with zero attached hydrogens (tertiary/aromatic N) is 3. The Kier molecular flexibility index (Phi) is 3.98. The summed E-state index contributed by atoms with van der Waals surface area (Å²) >= 11 is 0. The normalized spacial score (nSPS) is 38.4. The van der Waals surface area contributed by atoms with E-state index in [1.807, 2.05) is 12.1 Å². The van der Waals surface area contributed by atoms with Gasteiger partial charge in [-0.3, -0.25) is 41.3 Å². The lowest BCUT2D eigenvalue weighted by atomic mass is 9.69. The molecule has 32 heavy (non-hydrogen) atoms. The molecule has 1 aromatic rings. The van der Waals surface area contributed by atoms with E-state index in [0.29, 0.717) is 5.56 Å². The number of Topliss-reactive ketones (excluding diaryl/α,β-unsaturated/α-hetero) is 1. The predicted octanol–water partition coefficient (Wildman–Crippen LogP) is -5.23. The highest BCUT2D eigenvalue weighted by atomic mass is 16.2. The van der Waals surface area contributed by atoms with Crippen LogP contribution < -0.4 is 49.3 Å². The van der Waals surface area contributed by atoms with E-state index in [4.69, 9.17) is 11.5 Å². The lowest BCUT2D eigenvalue weighted by molar-refractivity contribution is -0.146. The fourth-order valence-corrected chi connectivity index (χ4v) is 5.12. The first-order chi connectivity index (χ1) is 15.4. The summed E-state index contributed by atoms with van der Waals surface area (Å²) in [6.45, 7) is 0. The number of rotatable bonds is 2. The average molecular weight is 442 g/mol. The number of ketones is 1. The topological polar surface area (TPSA) is 206 Å². The third kappa shape index (κ3) is 2.45. The second kappa shape index (κ2) is 6.58. The number of nitrogens with one attached hydrogen (secondary N) is 7. The first-order valence-corrected chi connectivity index (χ1v) is 10.1. The number of carbonyl (C=O) groups is 3. The van der Waals surface area contributed by atoms with Gasteiger partial charge in [-0.05, 0) is 12.0 Å². The van der Waals surface area contributed by atoms with E-state index in [9.17, 15) is 14.4 Å². The van der Waals surface area contributed by atoms with Crippen LogP contribution in [0.4, 0.5) is 0 Å². The molecular formula is C17H22N12O3. The van der Waals surface area contributed by atoms with Crippen molar-refractivity contribution >= 4 is 23.6 Å². The molecule has 3 saturated heterocycles. The molecule has 6 unspecified atom stereocenters. The van der Waals surface area contributed by atoms with Gasteiger partial charge in [0.1, 0.15) is 24.4 Å². The largest absolute Gasteiger partial charge is 0.367 e. The Bertz CT molecular complexity index is 1060. The van der Waals surface area contributed by atoms with Crippen LogP contribution in [-0.4, -0.2) is 64.4 Å². The standard InChI is InChI=1S/C17H22N12O3/c18-11-12-20-8(14(32)26-29(12)27-22-11)17(5-6-3-1-2-4-7(6)10(17)30)9-13(31)25-28-15(19)23-24-16(28)21-9/h1-4,8-9,11-12,16,20-22,24,27H,5,18H2,(H2,19,23)(H,25,31)(H,26,32). The van der Waals surface area contributed by atoms with E-state index >= 15 is 0 Å². The summed E-state index contributed by atoms with van der Waals surface area (Å²) in [5, 5.41) is 12.9. The van der Waals surface area contributed by atoms with Crippen molar-refractivity contribution < 1.29 is 14.4 Å². The van der Waals surface area contributed by atoms with Crippen molar-refractivity contribution in [3.05, 3.63) is 35.4 Å². The minimum absolute atomic E-state index is 0.0719. The summed E-state index contributed by atoms with van der Waals surface area (Å²) in [4.78, 5) is 40.5. The number of carbonyl (C=O) groups excluding carboxylic acids is 3. The maximum Gasteiger partial charge on any atom is 0.257 e. The molecule has 11 N–H and O–H groups in total. The Labute approximate surface area is 181 Å². The highest BCUT2D eigenvalue weighted by Gasteiger charge is 2.64. The van der Waals surface area contributed by atoms with Crippen LogP contribution in [-0.2, 0) is 16.0 Å². The van der Waals surface area contributed by atoms with Crippen molar-refractivity contribution in [3.8, 4) is 0 Å². The summed E-state index contributed by atoms with van der Waals surface area (Å²) in [5.41, 5.74) is 25.4. The molecule has 1 aliphatic carbocycles. The highest BCUT2D eigenvalue weighted by Crippen LogP contribution is 2.44. The number of hydrazine groups is 4. The molecule has 0 spiro atoms. The number of benzene rings is 1. The molecule has 6 atom stereocenters. The van der Waals surface area contributed by atoms with Crippen LogP contribution in [0.25, 0.3) is 0 Å². The van der Waals surface area contributed by atoms with Gasteiger partial charge in [-0.1, -0.05) is 24.3 Å². The van der Waals surface area contributed by atoms with Gasteiger partial charge in [-0.15, -0.1) is 10.2 Å². The molecule has 1 aromatic carbocycles. The van der Waals surface area contributed by atoms with Crippen LogP contribution in [0.3, 0.4) is 0 Å². The first kappa shape index (κ1) is 19.4. The van der Waals surface area contributed by atoms with Crippen LogP contribution in [0.15, 0.2) is 29.4 Å². The number of hydrogen-bond donors (Lipinski definition) is 9. The third-order valence-corrected chi connectivity index (χ3v) is 6.62. The summed E-state index contributed by atoms with van der Waals surface area (Å²) in [5.74, 6) is -1.22. The maximum absolute atomic E-state index is 13.9. The Hall–Kier alpha value is -3.34. The SMILES string of the molecule is NC1=NNC2NC(C3(C4NC5C(N)NNN5NC4=O)Cc4ccccc4C3=O)C(=O)NN12. The molecule has 3 fully saturated rings. The van der Waals surface area contributed by atoms with E-state index in [2.05, 4.69) is 43.0 Å². The van der Waals surface area contributed by atoms with Crippen molar-refractivity contribution in [1.82, 2.24) is 48.0 Å². The molecule has 5 aliphatic rings. The Morgan fingerprint density at radius 1 is 1.06 bits per heavy atom. The van der Waals surface area contributed by atoms with Crippen LogP contribution in [0.1, 0.15) is 15.9 Å². The van der Waals surface area contributed by atoms with E-state index in [1.165, 1.54) is 10.1 Å². The summed E-state index contributed by atoms with van der Waals surface area (Å²) in [6.07, 6.45) is -1.64. The van der Waals surface area contributed by atoms with Gasteiger partial charge in [0.25, 0.3) is 11.8 Å². The number of amides is 2.